The molecule has 0 aliphatic rings. The zero-order valence-corrected chi connectivity index (χ0v) is 37.0. The van der Waals surface area contributed by atoms with Gasteiger partial charge in [-0.05, 0) is 54.6 Å². The fourth-order valence-corrected chi connectivity index (χ4v) is 12.2. The van der Waals surface area contributed by atoms with Crippen LogP contribution in [0.25, 0.3) is 112 Å². The van der Waals surface area contributed by atoms with E-state index in [0.717, 1.165) is 43.7 Å². The molecule has 8 aromatic carbocycles. The largest absolute Gasteiger partial charge is 0.354 e. The monoisotopic (exact) mass is 904 g/mol. The maximum atomic E-state index is 6.68. The Hall–Kier alpha value is -6.51. The van der Waals surface area contributed by atoms with Gasteiger partial charge in [0.05, 0.1) is 32.1 Å². The zero-order chi connectivity index (χ0) is 42.2. The molecular formula is C54H31Cl3N4S2. The van der Waals surface area contributed by atoms with Crippen LogP contribution in [0.1, 0.15) is 0 Å². The number of thiophene rings is 2. The molecule has 0 saturated carbocycles. The summed E-state index contributed by atoms with van der Waals surface area (Å²) in [4.78, 5) is 12.6. The van der Waals surface area contributed by atoms with E-state index in [2.05, 4.69) is 136 Å². The van der Waals surface area contributed by atoms with Crippen molar-refractivity contribution in [2.24, 2.45) is 0 Å². The van der Waals surface area contributed by atoms with Gasteiger partial charge in [0.1, 0.15) is 11.0 Å². The highest BCUT2D eigenvalue weighted by molar-refractivity contribution is 7.27. The molecule has 1 N–H and O–H groups in total. The molecule has 63 heavy (non-hydrogen) atoms. The maximum absolute atomic E-state index is 6.68. The predicted molar refractivity (Wildman–Crippen MR) is 274 cm³/mol. The second-order valence-electron chi connectivity index (χ2n) is 15.3. The molecule has 4 nitrogen and oxygen atoms in total. The van der Waals surface area contributed by atoms with Crippen molar-refractivity contribution in [1.82, 2.24) is 19.5 Å². The number of aromatic nitrogens is 4. The topological polar surface area (TPSA) is 46.5 Å². The average Bonchev–Trinajstić information content (AvgIpc) is 4.08. The minimum Gasteiger partial charge on any atom is -0.354 e. The van der Waals surface area contributed by atoms with Gasteiger partial charge >= 0.3 is 0 Å². The van der Waals surface area contributed by atoms with Gasteiger partial charge in [-0.25, -0.2) is 9.97 Å². The van der Waals surface area contributed by atoms with Crippen molar-refractivity contribution in [2.45, 2.75) is 0 Å². The highest BCUT2D eigenvalue weighted by Crippen LogP contribution is 2.44. The third kappa shape index (κ3) is 6.40. The molecule has 0 spiro atoms. The minimum atomic E-state index is 0.429. The van der Waals surface area contributed by atoms with Gasteiger partial charge in [0, 0.05) is 89.8 Å². The van der Waals surface area contributed by atoms with Crippen LogP contribution in [-0.4, -0.2) is 19.5 Å². The molecule has 6 aromatic heterocycles. The Morgan fingerprint density at radius 3 is 1.62 bits per heavy atom. The molecule has 0 radical (unpaired) electrons. The fourth-order valence-electron chi connectivity index (χ4n) is 8.93. The number of fused-ring (bicyclic) bond motifs is 16. The number of halogens is 3. The molecule has 0 saturated heterocycles. The molecular weight excluding hydrogens is 875 g/mol. The normalized spacial score (nSPS) is 11.7. The summed E-state index contributed by atoms with van der Waals surface area (Å²) in [6.07, 6.45) is 0. The summed E-state index contributed by atoms with van der Waals surface area (Å²) in [6, 6.07) is 62.6. The van der Waals surface area contributed by atoms with E-state index in [-0.39, 0.29) is 0 Å². The molecule has 0 aliphatic carbocycles. The number of nitrogens with one attached hydrogen (secondary N) is 1. The van der Waals surface area contributed by atoms with E-state index in [0.29, 0.717) is 10.2 Å². The van der Waals surface area contributed by atoms with Crippen LogP contribution < -0.4 is 0 Å². The van der Waals surface area contributed by atoms with Crippen molar-refractivity contribution in [3.8, 4) is 5.82 Å². The lowest BCUT2D eigenvalue weighted by Gasteiger charge is -2.09. The van der Waals surface area contributed by atoms with Gasteiger partial charge in [0.15, 0.2) is 0 Å². The summed E-state index contributed by atoms with van der Waals surface area (Å²) < 4.78 is 7.63. The Kier molecular flexibility index (Phi) is 9.32. The molecule has 14 rings (SSSR count). The first-order valence-corrected chi connectivity index (χ1v) is 23.2. The van der Waals surface area contributed by atoms with E-state index < -0.39 is 0 Å². The fraction of sp³-hybridized carbons (Fsp3) is 0. The standard InChI is InChI=1S/C27H15ClN2S.C18H11NS.C9H5Cl2N/c28-20-15-25(29-21-10-4-1-8-18(20)21)30-22-11-5-2-9-19(22)26-23(30)14-13-17-16-7-3-6-12-24(16)31-27(17)26;1-3-7-14-13(6-1)17-15(19-14)10-9-12-11-5-2-4-8-16(11)20-18(12)17;10-7-5-9(11)12-8-4-2-1-3-6(7)8/h1-15H;1-10,19H;1-5H. The second kappa shape index (κ2) is 15.4. The zero-order valence-electron chi connectivity index (χ0n) is 33.1. The number of hydrogen-bond acceptors (Lipinski definition) is 4. The van der Waals surface area contributed by atoms with E-state index in [1.807, 2.05) is 77.3 Å². The van der Waals surface area contributed by atoms with Crippen LogP contribution in [0, 0.1) is 0 Å². The third-order valence-electron chi connectivity index (χ3n) is 11.7. The Bertz CT molecular complexity index is 4110. The third-order valence-corrected chi connectivity index (χ3v) is 14.9. The quantitative estimate of drug-likeness (QED) is 0.167. The predicted octanol–water partition coefficient (Wildman–Crippen LogP) is 17.6. The molecule has 0 amide bonds. The van der Waals surface area contributed by atoms with Gasteiger partial charge < -0.3 is 4.98 Å². The van der Waals surface area contributed by atoms with Gasteiger partial charge in [-0.1, -0.05) is 156 Å². The number of hydrogen-bond donors (Lipinski definition) is 1. The lowest BCUT2D eigenvalue weighted by atomic mass is 10.1. The Morgan fingerprint density at radius 2 is 0.921 bits per heavy atom. The Morgan fingerprint density at radius 1 is 0.397 bits per heavy atom. The maximum Gasteiger partial charge on any atom is 0.139 e. The van der Waals surface area contributed by atoms with Crippen molar-refractivity contribution < 1.29 is 0 Å². The number of para-hydroxylation sites is 4. The first-order chi connectivity index (χ1) is 31.0. The number of pyridine rings is 2. The summed E-state index contributed by atoms with van der Waals surface area (Å²) in [7, 11) is 0. The smallest absolute Gasteiger partial charge is 0.139 e. The highest BCUT2D eigenvalue weighted by atomic mass is 35.5. The van der Waals surface area contributed by atoms with Gasteiger partial charge in [-0.2, -0.15) is 0 Å². The molecule has 300 valence electrons. The lowest BCUT2D eigenvalue weighted by Crippen LogP contribution is -1.98. The van der Waals surface area contributed by atoms with Gasteiger partial charge in [0.25, 0.3) is 0 Å². The SMILES string of the molecule is Clc1cc(-n2c3ccccc3c3c4sc5ccccc5c4ccc32)nc2ccccc12.Clc1cc(Cl)c2ccccc2n1.c1ccc2c(c1)[nH]c1ccc3c4ccccc4sc3c12. The number of rotatable bonds is 1. The molecule has 6 heterocycles. The summed E-state index contributed by atoms with van der Waals surface area (Å²) in [6.45, 7) is 0. The van der Waals surface area contributed by atoms with Crippen molar-refractivity contribution in [3.05, 3.63) is 197 Å². The van der Waals surface area contributed by atoms with Gasteiger partial charge in [-0.3, -0.25) is 4.57 Å². The van der Waals surface area contributed by atoms with Crippen molar-refractivity contribution in [3.63, 3.8) is 0 Å². The van der Waals surface area contributed by atoms with Crippen molar-refractivity contribution in [2.75, 3.05) is 0 Å². The molecule has 0 fully saturated rings. The number of H-pyrrole nitrogens is 1. The first kappa shape index (κ1) is 38.2. The van der Waals surface area contributed by atoms with Gasteiger partial charge in [0.2, 0.25) is 0 Å². The number of aromatic amines is 1. The molecule has 0 aliphatic heterocycles. The highest BCUT2D eigenvalue weighted by Gasteiger charge is 2.19. The van der Waals surface area contributed by atoms with Crippen LogP contribution in [0.2, 0.25) is 15.2 Å². The average molecular weight is 906 g/mol. The van der Waals surface area contributed by atoms with E-state index in [1.165, 1.54) is 72.9 Å². The lowest BCUT2D eigenvalue weighted by molar-refractivity contribution is 1.10. The summed E-state index contributed by atoms with van der Waals surface area (Å²) in [5.41, 5.74) is 6.46. The van der Waals surface area contributed by atoms with Crippen LogP contribution in [-0.2, 0) is 0 Å². The van der Waals surface area contributed by atoms with Gasteiger partial charge in [-0.15, -0.1) is 22.7 Å². The first-order valence-electron chi connectivity index (χ1n) is 20.4. The number of benzene rings is 8. The Labute approximate surface area is 383 Å². The van der Waals surface area contributed by atoms with E-state index in [4.69, 9.17) is 39.8 Å². The van der Waals surface area contributed by atoms with Crippen molar-refractivity contribution >= 4 is 163 Å². The van der Waals surface area contributed by atoms with Crippen LogP contribution >= 0.6 is 57.5 Å². The summed E-state index contributed by atoms with van der Waals surface area (Å²) in [5.74, 6) is 0.843. The van der Waals surface area contributed by atoms with Crippen LogP contribution in [0.5, 0.6) is 0 Å². The van der Waals surface area contributed by atoms with Crippen LogP contribution in [0.3, 0.4) is 0 Å². The van der Waals surface area contributed by atoms with Crippen molar-refractivity contribution in [1.29, 1.82) is 0 Å². The minimum absolute atomic E-state index is 0.429. The van der Waals surface area contributed by atoms with Crippen LogP contribution in [0.15, 0.2) is 182 Å². The molecule has 0 atom stereocenters. The summed E-state index contributed by atoms with van der Waals surface area (Å²) in [5, 5.41) is 14.2. The van der Waals surface area contributed by atoms with E-state index in [9.17, 15) is 0 Å². The molecule has 0 bridgehead atoms. The summed E-state index contributed by atoms with van der Waals surface area (Å²) >= 11 is 22.1. The van der Waals surface area contributed by atoms with E-state index >= 15 is 0 Å². The Balaban J connectivity index is 0.000000112. The second-order valence-corrected chi connectivity index (χ2v) is 18.7. The molecule has 14 aromatic rings. The molecule has 9 heteroatoms. The van der Waals surface area contributed by atoms with E-state index in [1.54, 1.807) is 6.07 Å². The molecule has 0 unspecified atom stereocenters. The number of nitrogens with zero attached hydrogens (tertiary/aromatic N) is 3. The van der Waals surface area contributed by atoms with Crippen LogP contribution in [0.4, 0.5) is 0 Å².